The summed E-state index contributed by atoms with van der Waals surface area (Å²) in [6.45, 7) is 12.8. The van der Waals surface area contributed by atoms with E-state index in [2.05, 4.69) is 56.9 Å². The second-order valence-electron chi connectivity index (χ2n) is 6.84. The summed E-state index contributed by atoms with van der Waals surface area (Å²) < 4.78 is 0. The van der Waals surface area contributed by atoms with Crippen LogP contribution in [0, 0.1) is 18.8 Å². The van der Waals surface area contributed by atoms with Crippen LogP contribution < -0.4 is 5.73 Å². The number of nitrogens with two attached hydrogens (primary N) is 1. The zero-order chi connectivity index (χ0) is 15.3. The van der Waals surface area contributed by atoms with Gasteiger partial charge in [0, 0.05) is 24.0 Å². The lowest BCUT2D eigenvalue weighted by Crippen LogP contribution is -2.53. The van der Waals surface area contributed by atoms with Crippen molar-refractivity contribution >= 4 is 11.3 Å². The van der Waals surface area contributed by atoms with Crippen LogP contribution in [0.15, 0.2) is 5.38 Å². The highest BCUT2D eigenvalue weighted by atomic mass is 32.1. The van der Waals surface area contributed by atoms with Crippen LogP contribution in [-0.4, -0.2) is 29.0 Å². The van der Waals surface area contributed by atoms with Crippen LogP contribution in [0.5, 0.6) is 0 Å². The molecule has 1 rings (SSSR count). The van der Waals surface area contributed by atoms with Crippen molar-refractivity contribution in [2.75, 3.05) is 13.6 Å². The zero-order valence-electron chi connectivity index (χ0n) is 13.9. The molecule has 2 N–H and O–H groups in total. The van der Waals surface area contributed by atoms with Crippen molar-refractivity contribution in [1.29, 1.82) is 0 Å². The Balaban J connectivity index is 2.89. The summed E-state index contributed by atoms with van der Waals surface area (Å²) in [4.78, 5) is 7.02. The van der Waals surface area contributed by atoms with Gasteiger partial charge in [-0.1, -0.05) is 27.7 Å². The lowest BCUT2D eigenvalue weighted by Gasteiger charge is -2.43. The summed E-state index contributed by atoms with van der Waals surface area (Å²) in [5.41, 5.74) is 7.45. The fourth-order valence-corrected chi connectivity index (χ4v) is 3.73. The average Bonchev–Trinajstić information content (AvgIpc) is 2.72. The maximum atomic E-state index is 6.20. The minimum Gasteiger partial charge on any atom is -0.329 e. The van der Waals surface area contributed by atoms with E-state index in [9.17, 15) is 0 Å². The summed E-state index contributed by atoms with van der Waals surface area (Å²) in [5, 5.41) is 3.30. The van der Waals surface area contributed by atoms with Gasteiger partial charge in [-0.25, -0.2) is 4.98 Å². The van der Waals surface area contributed by atoms with E-state index in [0.29, 0.717) is 18.4 Å². The minimum absolute atomic E-state index is 0.0832. The van der Waals surface area contributed by atoms with Crippen LogP contribution in [0.2, 0.25) is 0 Å². The molecule has 20 heavy (non-hydrogen) atoms. The molecule has 0 unspecified atom stereocenters. The number of likely N-dealkylation sites (N-methyl/N-ethyl adjacent to an activating group) is 1. The van der Waals surface area contributed by atoms with Gasteiger partial charge in [0.1, 0.15) is 0 Å². The molecule has 0 spiro atoms. The highest BCUT2D eigenvalue weighted by Gasteiger charge is 2.34. The molecule has 0 saturated carbocycles. The van der Waals surface area contributed by atoms with Crippen LogP contribution in [0.1, 0.15) is 51.2 Å². The summed E-state index contributed by atoms with van der Waals surface area (Å²) in [7, 11) is 2.20. The lowest BCUT2D eigenvalue weighted by atomic mass is 9.80. The van der Waals surface area contributed by atoms with E-state index < -0.39 is 0 Å². The highest BCUT2D eigenvalue weighted by Crippen LogP contribution is 2.30. The predicted octanol–water partition coefficient (Wildman–Crippen LogP) is 3.67. The molecule has 3 nitrogen and oxygen atoms in total. The molecule has 0 radical (unpaired) electrons. The molecule has 0 amide bonds. The van der Waals surface area contributed by atoms with E-state index in [-0.39, 0.29) is 5.54 Å². The predicted molar refractivity (Wildman–Crippen MR) is 89.0 cm³/mol. The fourth-order valence-electron chi connectivity index (χ4n) is 3.13. The Morgan fingerprint density at radius 2 is 1.80 bits per heavy atom. The third-order valence-corrected chi connectivity index (χ3v) is 4.65. The van der Waals surface area contributed by atoms with E-state index in [1.165, 1.54) is 5.69 Å². The molecule has 0 saturated heterocycles. The van der Waals surface area contributed by atoms with Gasteiger partial charge in [-0.05, 0) is 38.6 Å². The first-order valence-corrected chi connectivity index (χ1v) is 8.49. The standard InChI is InChI=1S/C16H31N3S/c1-12(2)7-16(11-17,8-13(3)4)19(6)9-15-10-20-14(5)18-15/h10,12-13H,7-9,11,17H2,1-6H3. The topological polar surface area (TPSA) is 42.2 Å². The third-order valence-electron chi connectivity index (χ3n) is 3.83. The first kappa shape index (κ1) is 17.6. The minimum atomic E-state index is 0.0832. The van der Waals surface area contributed by atoms with Crippen LogP contribution >= 0.6 is 11.3 Å². The molecule has 0 aliphatic rings. The number of nitrogens with zero attached hydrogens (tertiary/aromatic N) is 2. The van der Waals surface area contributed by atoms with Crippen LogP contribution in [0.3, 0.4) is 0 Å². The summed E-state index contributed by atoms with van der Waals surface area (Å²) in [6.07, 6.45) is 2.28. The first-order valence-electron chi connectivity index (χ1n) is 7.61. The number of rotatable bonds is 8. The quantitative estimate of drug-likeness (QED) is 0.796. The van der Waals surface area contributed by atoms with Crippen molar-refractivity contribution in [1.82, 2.24) is 9.88 Å². The smallest absolute Gasteiger partial charge is 0.0897 e. The maximum absolute atomic E-state index is 6.20. The Bertz CT molecular complexity index is 388. The van der Waals surface area contributed by atoms with Gasteiger partial charge in [0.05, 0.1) is 10.7 Å². The average molecular weight is 298 g/mol. The van der Waals surface area contributed by atoms with Gasteiger partial charge < -0.3 is 5.73 Å². The SMILES string of the molecule is Cc1nc(CN(C)C(CN)(CC(C)C)CC(C)C)cs1. The molecular formula is C16H31N3S. The van der Waals surface area contributed by atoms with Crippen LogP contribution in [-0.2, 0) is 6.54 Å². The number of aromatic nitrogens is 1. The number of thiazole rings is 1. The second kappa shape index (κ2) is 7.53. The van der Waals surface area contributed by atoms with Crippen molar-refractivity contribution in [3.63, 3.8) is 0 Å². The summed E-state index contributed by atoms with van der Waals surface area (Å²) in [6, 6.07) is 0. The molecule has 0 aliphatic heterocycles. The van der Waals surface area contributed by atoms with E-state index in [1.54, 1.807) is 11.3 Å². The van der Waals surface area contributed by atoms with E-state index in [4.69, 9.17) is 5.73 Å². The van der Waals surface area contributed by atoms with Crippen molar-refractivity contribution in [2.24, 2.45) is 17.6 Å². The Hall–Kier alpha value is -0.450. The Kier molecular flexibility index (Phi) is 6.62. The third kappa shape index (κ3) is 4.83. The van der Waals surface area contributed by atoms with Crippen molar-refractivity contribution < 1.29 is 0 Å². The molecule has 1 aromatic heterocycles. The van der Waals surface area contributed by atoms with Gasteiger partial charge in [0.25, 0.3) is 0 Å². The first-order chi connectivity index (χ1) is 9.29. The Morgan fingerprint density at radius 3 is 2.15 bits per heavy atom. The lowest BCUT2D eigenvalue weighted by molar-refractivity contribution is 0.0704. The molecule has 0 aromatic carbocycles. The number of aryl methyl sites for hydroxylation is 1. The molecule has 4 heteroatoms. The van der Waals surface area contributed by atoms with Crippen molar-refractivity contribution in [3.05, 3.63) is 16.1 Å². The summed E-state index contributed by atoms with van der Waals surface area (Å²) >= 11 is 1.72. The molecular weight excluding hydrogens is 266 g/mol. The largest absolute Gasteiger partial charge is 0.329 e. The maximum Gasteiger partial charge on any atom is 0.0897 e. The van der Waals surface area contributed by atoms with Gasteiger partial charge in [-0.3, -0.25) is 4.90 Å². The monoisotopic (exact) mass is 297 g/mol. The van der Waals surface area contributed by atoms with Crippen LogP contribution in [0.4, 0.5) is 0 Å². The van der Waals surface area contributed by atoms with Crippen molar-refractivity contribution in [2.45, 2.75) is 59.5 Å². The van der Waals surface area contributed by atoms with Crippen molar-refractivity contribution in [3.8, 4) is 0 Å². The number of hydrogen-bond donors (Lipinski definition) is 1. The van der Waals surface area contributed by atoms with Gasteiger partial charge in [-0.15, -0.1) is 11.3 Å². The zero-order valence-corrected chi connectivity index (χ0v) is 14.8. The molecule has 1 heterocycles. The van der Waals surface area contributed by atoms with Crippen LogP contribution in [0.25, 0.3) is 0 Å². The van der Waals surface area contributed by atoms with Gasteiger partial charge in [0.15, 0.2) is 0 Å². The van der Waals surface area contributed by atoms with E-state index >= 15 is 0 Å². The molecule has 0 fully saturated rings. The Labute approximate surface area is 128 Å². The van der Waals surface area contributed by atoms with Gasteiger partial charge in [-0.2, -0.15) is 0 Å². The van der Waals surface area contributed by atoms with Gasteiger partial charge >= 0.3 is 0 Å². The van der Waals surface area contributed by atoms with E-state index in [0.717, 1.165) is 24.4 Å². The molecule has 0 bridgehead atoms. The normalized spacial score (nSPS) is 12.9. The summed E-state index contributed by atoms with van der Waals surface area (Å²) in [5.74, 6) is 1.30. The molecule has 1 aromatic rings. The Morgan fingerprint density at radius 1 is 1.25 bits per heavy atom. The highest BCUT2D eigenvalue weighted by molar-refractivity contribution is 7.09. The number of hydrogen-bond acceptors (Lipinski definition) is 4. The fraction of sp³-hybridized carbons (Fsp3) is 0.812. The molecule has 0 atom stereocenters. The van der Waals surface area contributed by atoms with E-state index in [1.807, 2.05) is 0 Å². The second-order valence-corrected chi connectivity index (χ2v) is 7.90. The molecule has 116 valence electrons. The molecule has 0 aliphatic carbocycles. The van der Waals surface area contributed by atoms with Gasteiger partial charge in [0.2, 0.25) is 0 Å².